The molecule has 5 aromatic rings. The molecule has 4 heterocycles. The van der Waals surface area contributed by atoms with E-state index in [1.54, 1.807) is 12.3 Å². The van der Waals surface area contributed by atoms with E-state index in [0.717, 1.165) is 47.6 Å². The van der Waals surface area contributed by atoms with Crippen LogP contribution in [0.3, 0.4) is 0 Å². The summed E-state index contributed by atoms with van der Waals surface area (Å²) in [5.74, 6) is 1.19. The van der Waals surface area contributed by atoms with Crippen molar-refractivity contribution in [3.63, 3.8) is 0 Å². The first kappa shape index (κ1) is 22.5. The molecule has 1 aliphatic heterocycles. The smallest absolute Gasteiger partial charge is 0.230 e. The highest BCUT2D eigenvalue weighted by Crippen LogP contribution is 2.41. The van der Waals surface area contributed by atoms with Crippen molar-refractivity contribution in [1.82, 2.24) is 24.4 Å². The molecule has 0 radical (unpaired) electrons. The number of halogens is 1. The molecule has 9 heteroatoms. The summed E-state index contributed by atoms with van der Waals surface area (Å²) >= 11 is 5.03. The normalized spacial score (nSPS) is 16.1. The highest BCUT2D eigenvalue weighted by atomic mass is 79.9. The molecule has 2 aromatic carbocycles. The van der Waals surface area contributed by atoms with Gasteiger partial charge in [0.05, 0.1) is 17.2 Å². The number of rotatable bonds is 6. The third kappa shape index (κ3) is 4.52. The van der Waals surface area contributed by atoms with E-state index >= 15 is 0 Å². The minimum absolute atomic E-state index is 0.0810. The zero-order valence-corrected chi connectivity index (χ0v) is 21.3. The summed E-state index contributed by atoms with van der Waals surface area (Å²) in [6, 6.07) is 22.5. The SMILES string of the molecule is Oc1c(C(c2ccc(Br)cc2)N2CCN(Cc3ccccc3)CC2)sc2nc(-c3ccco3)nn12. The molecule has 1 atom stereocenters. The average Bonchev–Trinajstić information content (AvgIpc) is 3.61. The zero-order chi connectivity index (χ0) is 23.8. The van der Waals surface area contributed by atoms with Crippen LogP contribution in [0.5, 0.6) is 5.88 Å². The van der Waals surface area contributed by atoms with Gasteiger partial charge in [-0.3, -0.25) is 9.80 Å². The predicted octanol–water partition coefficient (Wildman–Crippen LogP) is 5.43. The lowest BCUT2D eigenvalue weighted by molar-refractivity contribution is 0.105. The van der Waals surface area contributed by atoms with E-state index in [1.165, 1.54) is 21.4 Å². The van der Waals surface area contributed by atoms with Crippen LogP contribution in [0, 0.1) is 0 Å². The second kappa shape index (κ2) is 9.58. The molecule has 1 aliphatic rings. The van der Waals surface area contributed by atoms with E-state index in [4.69, 9.17) is 4.42 Å². The second-order valence-electron chi connectivity index (χ2n) is 8.65. The maximum Gasteiger partial charge on any atom is 0.230 e. The molecule has 178 valence electrons. The van der Waals surface area contributed by atoms with Gasteiger partial charge in [-0.25, -0.2) is 0 Å². The van der Waals surface area contributed by atoms with Gasteiger partial charge in [0.1, 0.15) is 0 Å². The molecule has 1 saturated heterocycles. The Labute approximate surface area is 215 Å². The van der Waals surface area contributed by atoms with Gasteiger partial charge >= 0.3 is 0 Å². The van der Waals surface area contributed by atoms with Crippen molar-refractivity contribution in [2.45, 2.75) is 12.6 Å². The zero-order valence-electron chi connectivity index (χ0n) is 18.9. The molecule has 3 aromatic heterocycles. The Morgan fingerprint density at radius 1 is 0.971 bits per heavy atom. The quantitative estimate of drug-likeness (QED) is 0.304. The van der Waals surface area contributed by atoms with E-state index in [-0.39, 0.29) is 11.9 Å². The van der Waals surface area contributed by atoms with Gasteiger partial charge in [-0.2, -0.15) is 9.50 Å². The Bertz CT molecular complexity index is 1410. The van der Waals surface area contributed by atoms with E-state index in [0.29, 0.717) is 16.5 Å². The fraction of sp³-hybridized carbons (Fsp3) is 0.231. The lowest BCUT2D eigenvalue weighted by Crippen LogP contribution is -2.47. The van der Waals surface area contributed by atoms with Crippen LogP contribution in [0.1, 0.15) is 22.0 Å². The van der Waals surface area contributed by atoms with Crippen molar-refractivity contribution >= 4 is 32.2 Å². The fourth-order valence-corrected chi connectivity index (χ4v) is 6.01. The molecule has 1 unspecified atom stereocenters. The number of furan rings is 1. The fourth-order valence-electron chi connectivity index (χ4n) is 4.63. The Balaban J connectivity index is 1.29. The molecule has 1 fully saturated rings. The molecular formula is C26H24BrN5O2S. The van der Waals surface area contributed by atoms with Gasteiger partial charge in [0.25, 0.3) is 0 Å². The van der Waals surface area contributed by atoms with Crippen LogP contribution in [0.25, 0.3) is 16.5 Å². The molecule has 1 N–H and O–H groups in total. The highest BCUT2D eigenvalue weighted by molar-refractivity contribution is 9.10. The molecule has 0 amide bonds. The van der Waals surface area contributed by atoms with Gasteiger partial charge in [0.2, 0.25) is 16.7 Å². The Hall–Kier alpha value is -2.98. The second-order valence-corrected chi connectivity index (χ2v) is 10.6. The van der Waals surface area contributed by atoms with Gasteiger partial charge < -0.3 is 9.52 Å². The number of hydrogen-bond acceptors (Lipinski definition) is 7. The lowest BCUT2D eigenvalue weighted by Gasteiger charge is -2.39. The lowest BCUT2D eigenvalue weighted by atomic mass is 10.0. The minimum Gasteiger partial charge on any atom is -0.492 e. The maximum absolute atomic E-state index is 11.3. The number of piperazine rings is 1. The van der Waals surface area contributed by atoms with Crippen LogP contribution < -0.4 is 0 Å². The van der Waals surface area contributed by atoms with Crippen molar-refractivity contribution in [1.29, 1.82) is 0 Å². The van der Waals surface area contributed by atoms with E-state index < -0.39 is 0 Å². The first-order chi connectivity index (χ1) is 17.2. The number of benzene rings is 2. The predicted molar refractivity (Wildman–Crippen MR) is 140 cm³/mol. The monoisotopic (exact) mass is 549 g/mol. The first-order valence-corrected chi connectivity index (χ1v) is 13.1. The Kier molecular flexibility index (Phi) is 6.15. The molecule has 35 heavy (non-hydrogen) atoms. The summed E-state index contributed by atoms with van der Waals surface area (Å²) < 4.78 is 7.99. The molecule has 7 nitrogen and oxygen atoms in total. The van der Waals surface area contributed by atoms with Crippen LogP contribution >= 0.6 is 27.3 Å². The van der Waals surface area contributed by atoms with Gasteiger partial charge in [-0.1, -0.05) is 69.7 Å². The summed E-state index contributed by atoms with van der Waals surface area (Å²) in [7, 11) is 0. The topological polar surface area (TPSA) is 70.0 Å². The van der Waals surface area contributed by atoms with Gasteiger partial charge in [-0.05, 0) is 35.4 Å². The Morgan fingerprint density at radius 3 is 2.43 bits per heavy atom. The minimum atomic E-state index is -0.0810. The van der Waals surface area contributed by atoms with Crippen LogP contribution in [-0.4, -0.2) is 55.7 Å². The van der Waals surface area contributed by atoms with Crippen molar-refractivity contribution in [2.24, 2.45) is 0 Å². The third-order valence-corrected chi connectivity index (χ3v) is 8.00. The molecule has 0 bridgehead atoms. The van der Waals surface area contributed by atoms with Gasteiger partial charge in [-0.15, -0.1) is 5.10 Å². The molecular weight excluding hydrogens is 526 g/mol. The summed E-state index contributed by atoms with van der Waals surface area (Å²) in [5.41, 5.74) is 2.47. The number of aromatic hydroxyl groups is 1. The largest absolute Gasteiger partial charge is 0.492 e. The first-order valence-electron chi connectivity index (χ1n) is 11.5. The summed E-state index contributed by atoms with van der Waals surface area (Å²) in [5, 5.41) is 15.8. The van der Waals surface area contributed by atoms with Gasteiger partial charge in [0.15, 0.2) is 5.76 Å². The highest BCUT2D eigenvalue weighted by Gasteiger charge is 2.32. The van der Waals surface area contributed by atoms with Crippen molar-refractivity contribution in [2.75, 3.05) is 26.2 Å². The van der Waals surface area contributed by atoms with Crippen LogP contribution in [0.4, 0.5) is 0 Å². The number of aromatic nitrogens is 3. The van der Waals surface area contributed by atoms with E-state index in [1.807, 2.05) is 6.07 Å². The standard InChI is InChI=1S/C26H24BrN5O2S/c27-20-10-8-19(9-11-20)22(31-14-12-30(13-15-31)17-18-5-2-1-3-6-18)23-25(33)32-26(35-23)28-24(29-32)21-7-4-16-34-21/h1-11,16,22,33H,12-15,17H2. The average molecular weight is 550 g/mol. The van der Waals surface area contributed by atoms with Crippen molar-refractivity contribution in [3.05, 3.63) is 93.5 Å². The number of fused-ring (bicyclic) bond motifs is 1. The Morgan fingerprint density at radius 2 is 1.74 bits per heavy atom. The maximum atomic E-state index is 11.3. The van der Waals surface area contributed by atoms with Crippen molar-refractivity contribution in [3.8, 4) is 17.5 Å². The van der Waals surface area contributed by atoms with Crippen molar-refractivity contribution < 1.29 is 9.52 Å². The number of thiazole rings is 1. The van der Waals surface area contributed by atoms with E-state index in [2.05, 4.69) is 90.4 Å². The number of nitrogens with zero attached hydrogens (tertiary/aromatic N) is 5. The van der Waals surface area contributed by atoms with Crippen LogP contribution in [-0.2, 0) is 6.54 Å². The summed E-state index contributed by atoms with van der Waals surface area (Å²) in [6.45, 7) is 4.68. The summed E-state index contributed by atoms with van der Waals surface area (Å²) in [6.07, 6.45) is 1.59. The van der Waals surface area contributed by atoms with Gasteiger partial charge in [0, 0.05) is 37.2 Å². The van der Waals surface area contributed by atoms with E-state index in [9.17, 15) is 5.11 Å². The summed E-state index contributed by atoms with van der Waals surface area (Å²) in [4.78, 5) is 11.0. The van der Waals surface area contributed by atoms with Crippen LogP contribution in [0.15, 0.2) is 81.9 Å². The molecule has 0 aliphatic carbocycles. The van der Waals surface area contributed by atoms with Crippen LogP contribution in [0.2, 0.25) is 0 Å². The number of hydrogen-bond donors (Lipinski definition) is 1. The molecule has 6 rings (SSSR count). The molecule has 0 spiro atoms. The third-order valence-electron chi connectivity index (χ3n) is 6.40. The molecule has 0 saturated carbocycles.